The number of halogens is 1. The van der Waals surface area contributed by atoms with Gasteiger partial charge in [0, 0.05) is 32.4 Å². The van der Waals surface area contributed by atoms with E-state index in [2.05, 4.69) is 5.10 Å². The molecule has 2 aromatic rings. The van der Waals surface area contributed by atoms with Gasteiger partial charge in [-0.05, 0) is 18.9 Å². The van der Waals surface area contributed by atoms with Gasteiger partial charge in [0.05, 0.1) is 6.20 Å². The Balaban J connectivity index is 0.00000264. The van der Waals surface area contributed by atoms with E-state index >= 15 is 0 Å². The van der Waals surface area contributed by atoms with Crippen LogP contribution in [0.2, 0.25) is 0 Å². The van der Waals surface area contributed by atoms with Crippen LogP contribution in [0.15, 0.2) is 47.6 Å². The van der Waals surface area contributed by atoms with E-state index in [1.54, 1.807) is 10.9 Å². The minimum absolute atomic E-state index is 0. The molecule has 0 aliphatic heterocycles. The first-order chi connectivity index (χ1) is 10.6. The zero-order valence-corrected chi connectivity index (χ0v) is 14.8. The van der Waals surface area contributed by atoms with Gasteiger partial charge in [-0.15, -0.1) is 12.4 Å². The standard InChI is InChI=1S/C15H22N4O2S.ClH/c1-2-18-13-15(12-17-18)22(20,21)19(11-9-16)10-8-14-6-4-3-5-7-14;/h3-7,12-13H,2,8-11,16H2,1H3;1H. The quantitative estimate of drug-likeness (QED) is 0.775. The molecule has 8 heteroatoms. The second-order valence-corrected chi connectivity index (χ2v) is 6.90. The fourth-order valence-electron chi connectivity index (χ4n) is 2.19. The maximum Gasteiger partial charge on any atom is 0.246 e. The van der Waals surface area contributed by atoms with Crippen molar-refractivity contribution in [3.8, 4) is 0 Å². The first kappa shape index (κ1) is 19.6. The van der Waals surface area contributed by atoms with E-state index in [4.69, 9.17) is 5.73 Å². The van der Waals surface area contributed by atoms with Crippen molar-refractivity contribution in [1.29, 1.82) is 0 Å². The van der Waals surface area contributed by atoms with Crippen LogP contribution in [0, 0.1) is 0 Å². The number of hydrogen-bond donors (Lipinski definition) is 1. The van der Waals surface area contributed by atoms with Gasteiger partial charge < -0.3 is 5.73 Å². The molecule has 0 radical (unpaired) electrons. The van der Waals surface area contributed by atoms with Crippen LogP contribution in [-0.2, 0) is 23.0 Å². The highest BCUT2D eigenvalue weighted by Gasteiger charge is 2.25. The highest BCUT2D eigenvalue weighted by Crippen LogP contribution is 2.15. The lowest BCUT2D eigenvalue weighted by Crippen LogP contribution is -2.36. The molecule has 0 saturated heterocycles. The summed E-state index contributed by atoms with van der Waals surface area (Å²) in [5.41, 5.74) is 6.68. The molecule has 23 heavy (non-hydrogen) atoms. The summed E-state index contributed by atoms with van der Waals surface area (Å²) in [6.07, 6.45) is 3.61. The van der Waals surface area contributed by atoms with Gasteiger partial charge in [0.2, 0.25) is 10.0 Å². The van der Waals surface area contributed by atoms with Crippen molar-refractivity contribution in [3.05, 3.63) is 48.3 Å². The van der Waals surface area contributed by atoms with Gasteiger partial charge >= 0.3 is 0 Å². The Morgan fingerprint density at radius 3 is 2.48 bits per heavy atom. The van der Waals surface area contributed by atoms with Crippen LogP contribution in [0.4, 0.5) is 0 Å². The molecular weight excluding hydrogens is 336 g/mol. The lowest BCUT2D eigenvalue weighted by Gasteiger charge is -2.20. The molecule has 0 saturated carbocycles. The van der Waals surface area contributed by atoms with Crippen molar-refractivity contribution in [2.24, 2.45) is 5.73 Å². The van der Waals surface area contributed by atoms with E-state index < -0.39 is 10.0 Å². The van der Waals surface area contributed by atoms with Crippen molar-refractivity contribution in [1.82, 2.24) is 14.1 Å². The summed E-state index contributed by atoms with van der Waals surface area (Å²) in [6.45, 7) is 3.54. The number of nitrogens with two attached hydrogens (primary N) is 1. The average molecular weight is 359 g/mol. The Kier molecular flexibility index (Phi) is 7.70. The van der Waals surface area contributed by atoms with Crippen LogP contribution in [0.5, 0.6) is 0 Å². The molecule has 2 N–H and O–H groups in total. The largest absolute Gasteiger partial charge is 0.329 e. The number of benzene rings is 1. The highest BCUT2D eigenvalue weighted by molar-refractivity contribution is 7.89. The summed E-state index contributed by atoms with van der Waals surface area (Å²) in [6, 6.07) is 9.81. The summed E-state index contributed by atoms with van der Waals surface area (Å²) >= 11 is 0. The SMILES string of the molecule is CCn1cc(S(=O)(=O)N(CCN)CCc2ccccc2)cn1.Cl. The monoisotopic (exact) mass is 358 g/mol. The molecule has 0 unspecified atom stereocenters. The third kappa shape index (κ3) is 5.04. The van der Waals surface area contributed by atoms with E-state index in [0.29, 0.717) is 26.1 Å². The third-order valence-electron chi connectivity index (χ3n) is 3.44. The Hall–Kier alpha value is -1.41. The van der Waals surface area contributed by atoms with E-state index in [9.17, 15) is 8.42 Å². The summed E-state index contributed by atoms with van der Waals surface area (Å²) in [4.78, 5) is 0.218. The topological polar surface area (TPSA) is 81.2 Å². The first-order valence-corrected chi connectivity index (χ1v) is 8.78. The molecule has 0 aliphatic rings. The fourth-order valence-corrected chi connectivity index (χ4v) is 3.61. The van der Waals surface area contributed by atoms with Gasteiger partial charge in [-0.25, -0.2) is 8.42 Å². The average Bonchev–Trinajstić information content (AvgIpc) is 3.02. The zero-order valence-electron chi connectivity index (χ0n) is 13.1. The molecule has 0 amide bonds. The lowest BCUT2D eigenvalue weighted by molar-refractivity contribution is 0.421. The number of aromatic nitrogens is 2. The number of nitrogens with zero attached hydrogens (tertiary/aromatic N) is 3. The lowest BCUT2D eigenvalue weighted by atomic mass is 10.1. The molecule has 0 aliphatic carbocycles. The first-order valence-electron chi connectivity index (χ1n) is 7.34. The van der Waals surface area contributed by atoms with Gasteiger partial charge in [0.1, 0.15) is 4.90 Å². The molecule has 128 valence electrons. The Morgan fingerprint density at radius 1 is 1.22 bits per heavy atom. The highest BCUT2D eigenvalue weighted by atomic mass is 35.5. The molecule has 0 fully saturated rings. The molecule has 0 bridgehead atoms. The summed E-state index contributed by atoms with van der Waals surface area (Å²) in [5.74, 6) is 0. The molecular formula is C15H23ClN4O2S. The maximum atomic E-state index is 12.7. The van der Waals surface area contributed by atoms with Crippen molar-refractivity contribution < 1.29 is 8.42 Å². The predicted octanol–water partition coefficient (Wildman–Crippen LogP) is 1.52. The van der Waals surface area contributed by atoms with E-state index in [1.807, 2.05) is 37.3 Å². The molecule has 2 rings (SSSR count). The Labute approximate surface area is 143 Å². The van der Waals surface area contributed by atoms with Crippen molar-refractivity contribution in [2.45, 2.75) is 24.8 Å². The number of sulfonamides is 1. The smallest absolute Gasteiger partial charge is 0.246 e. The van der Waals surface area contributed by atoms with Crippen LogP contribution in [0.25, 0.3) is 0 Å². The van der Waals surface area contributed by atoms with Gasteiger partial charge in [0.25, 0.3) is 0 Å². The van der Waals surface area contributed by atoms with E-state index in [1.165, 1.54) is 10.5 Å². The minimum atomic E-state index is -3.55. The summed E-state index contributed by atoms with van der Waals surface area (Å²) in [5, 5.41) is 4.04. The minimum Gasteiger partial charge on any atom is -0.329 e. The van der Waals surface area contributed by atoms with Crippen LogP contribution in [0.1, 0.15) is 12.5 Å². The number of aryl methyl sites for hydroxylation is 1. The second kappa shape index (κ2) is 9.02. The third-order valence-corrected chi connectivity index (χ3v) is 5.29. The molecule has 1 aromatic carbocycles. The van der Waals surface area contributed by atoms with Gasteiger partial charge in [-0.2, -0.15) is 9.40 Å². The number of rotatable bonds is 8. The van der Waals surface area contributed by atoms with Crippen molar-refractivity contribution in [3.63, 3.8) is 0 Å². The molecule has 1 heterocycles. The van der Waals surface area contributed by atoms with Gasteiger partial charge in [0.15, 0.2) is 0 Å². The molecule has 0 spiro atoms. The second-order valence-electron chi connectivity index (χ2n) is 4.96. The Bertz CT molecular complexity index is 689. The van der Waals surface area contributed by atoms with Crippen LogP contribution >= 0.6 is 12.4 Å². The fraction of sp³-hybridized carbons (Fsp3) is 0.400. The van der Waals surface area contributed by atoms with Crippen LogP contribution in [-0.4, -0.2) is 42.1 Å². The predicted molar refractivity (Wildman–Crippen MR) is 93.1 cm³/mol. The zero-order chi connectivity index (χ0) is 16.0. The van der Waals surface area contributed by atoms with Crippen molar-refractivity contribution in [2.75, 3.05) is 19.6 Å². The van der Waals surface area contributed by atoms with Gasteiger partial charge in [-0.3, -0.25) is 4.68 Å². The normalized spacial score (nSPS) is 11.4. The maximum absolute atomic E-state index is 12.7. The summed E-state index contributed by atoms with van der Waals surface area (Å²) in [7, 11) is -3.55. The van der Waals surface area contributed by atoms with Crippen LogP contribution < -0.4 is 5.73 Å². The van der Waals surface area contributed by atoms with E-state index in [-0.39, 0.29) is 23.8 Å². The molecule has 6 nitrogen and oxygen atoms in total. The van der Waals surface area contributed by atoms with E-state index in [0.717, 1.165) is 5.56 Å². The van der Waals surface area contributed by atoms with Gasteiger partial charge in [-0.1, -0.05) is 30.3 Å². The number of hydrogen-bond acceptors (Lipinski definition) is 4. The van der Waals surface area contributed by atoms with Crippen molar-refractivity contribution >= 4 is 22.4 Å². The molecule has 0 atom stereocenters. The van der Waals surface area contributed by atoms with Crippen LogP contribution in [0.3, 0.4) is 0 Å². The molecule has 1 aromatic heterocycles. The summed E-state index contributed by atoms with van der Waals surface area (Å²) < 4.78 is 28.4. The Morgan fingerprint density at radius 2 is 1.91 bits per heavy atom.